The van der Waals surface area contributed by atoms with Gasteiger partial charge in [-0.15, -0.1) is 0 Å². The van der Waals surface area contributed by atoms with Crippen molar-refractivity contribution in [1.29, 1.82) is 0 Å². The zero-order chi connectivity index (χ0) is 10.4. The fraction of sp³-hybridized carbons (Fsp3) is 0.455. The highest BCUT2D eigenvalue weighted by Gasteiger charge is 1.99. The molecule has 0 spiro atoms. The Bertz CT molecular complexity index is 260. The molecule has 1 aromatic carbocycles. The molecule has 0 saturated carbocycles. The molecule has 0 amide bonds. The van der Waals surface area contributed by atoms with E-state index in [1.54, 1.807) is 0 Å². The van der Waals surface area contributed by atoms with Crippen molar-refractivity contribution in [1.82, 2.24) is 0 Å². The Morgan fingerprint density at radius 2 is 2.00 bits per heavy atom. The van der Waals surface area contributed by atoms with Crippen molar-refractivity contribution in [3.8, 4) is 5.75 Å². The molecule has 0 aliphatic rings. The molecule has 0 saturated heterocycles. The normalized spacial score (nSPS) is 12.5. The van der Waals surface area contributed by atoms with Crippen LogP contribution >= 0.6 is 15.9 Å². The van der Waals surface area contributed by atoms with E-state index in [9.17, 15) is 0 Å². The van der Waals surface area contributed by atoms with Gasteiger partial charge in [0.2, 0.25) is 0 Å². The first-order chi connectivity index (χ1) is 6.72. The molecular weight excluding hydrogens is 242 g/mol. The average molecular weight is 258 g/mol. The standard InChI is InChI=1S/C11H16BrNO/c1-2-10(13)7-8-14-11-5-3-9(12)4-6-11/h3-6,10H,2,7-8,13H2,1H3. The quantitative estimate of drug-likeness (QED) is 0.881. The van der Waals surface area contributed by atoms with Crippen molar-refractivity contribution < 1.29 is 4.74 Å². The summed E-state index contributed by atoms with van der Waals surface area (Å²) in [4.78, 5) is 0. The highest BCUT2D eigenvalue weighted by Crippen LogP contribution is 2.16. The highest BCUT2D eigenvalue weighted by molar-refractivity contribution is 9.10. The summed E-state index contributed by atoms with van der Waals surface area (Å²) in [7, 11) is 0. The van der Waals surface area contributed by atoms with Gasteiger partial charge in [0, 0.05) is 10.5 Å². The second-order valence-corrected chi connectivity index (χ2v) is 4.18. The van der Waals surface area contributed by atoms with Gasteiger partial charge < -0.3 is 10.5 Å². The van der Waals surface area contributed by atoms with Crippen LogP contribution in [0, 0.1) is 0 Å². The maximum Gasteiger partial charge on any atom is 0.119 e. The fourth-order valence-electron chi connectivity index (χ4n) is 1.06. The van der Waals surface area contributed by atoms with E-state index in [1.165, 1.54) is 0 Å². The second-order valence-electron chi connectivity index (χ2n) is 3.26. The van der Waals surface area contributed by atoms with Gasteiger partial charge in [-0.2, -0.15) is 0 Å². The summed E-state index contributed by atoms with van der Waals surface area (Å²) >= 11 is 3.37. The summed E-state index contributed by atoms with van der Waals surface area (Å²) in [5, 5.41) is 0. The molecule has 0 aromatic heterocycles. The van der Waals surface area contributed by atoms with Gasteiger partial charge in [0.05, 0.1) is 6.61 Å². The molecule has 0 fully saturated rings. The van der Waals surface area contributed by atoms with Crippen LogP contribution in [0.25, 0.3) is 0 Å². The monoisotopic (exact) mass is 257 g/mol. The second kappa shape index (κ2) is 6.04. The lowest BCUT2D eigenvalue weighted by Gasteiger charge is -2.09. The smallest absolute Gasteiger partial charge is 0.119 e. The van der Waals surface area contributed by atoms with E-state index in [2.05, 4.69) is 22.9 Å². The summed E-state index contributed by atoms with van der Waals surface area (Å²) in [5.74, 6) is 0.900. The minimum Gasteiger partial charge on any atom is -0.494 e. The molecule has 2 nitrogen and oxygen atoms in total. The third-order valence-electron chi connectivity index (χ3n) is 2.10. The van der Waals surface area contributed by atoms with Crippen LogP contribution in [0.15, 0.2) is 28.7 Å². The summed E-state index contributed by atoms with van der Waals surface area (Å²) in [6.07, 6.45) is 1.91. The van der Waals surface area contributed by atoms with Gasteiger partial charge in [-0.25, -0.2) is 0 Å². The Morgan fingerprint density at radius 1 is 1.36 bits per heavy atom. The van der Waals surface area contributed by atoms with Gasteiger partial charge in [-0.3, -0.25) is 0 Å². The lowest BCUT2D eigenvalue weighted by Crippen LogP contribution is -2.21. The number of hydrogen-bond donors (Lipinski definition) is 1. The molecule has 1 unspecified atom stereocenters. The van der Waals surface area contributed by atoms with E-state index in [1.807, 2.05) is 24.3 Å². The minimum absolute atomic E-state index is 0.255. The Labute approximate surface area is 93.6 Å². The molecule has 1 rings (SSSR count). The average Bonchev–Trinajstić information content (AvgIpc) is 2.21. The molecule has 0 bridgehead atoms. The highest BCUT2D eigenvalue weighted by atomic mass is 79.9. The molecule has 0 aliphatic carbocycles. The maximum atomic E-state index is 5.77. The topological polar surface area (TPSA) is 35.2 Å². The molecule has 78 valence electrons. The zero-order valence-electron chi connectivity index (χ0n) is 8.37. The van der Waals surface area contributed by atoms with Crippen LogP contribution in [0.4, 0.5) is 0 Å². The van der Waals surface area contributed by atoms with Crippen molar-refractivity contribution in [2.24, 2.45) is 5.73 Å². The summed E-state index contributed by atoms with van der Waals surface area (Å²) in [5.41, 5.74) is 5.77. The van der Waals surface area contributed by atoms with E-state index in [4.69, 9.17) is 10.5 Å². The van der Waals surface area contributed by atoms with Crippen molar-refractivity contribution >= 4 is 15.9 Å². The van der Waals surface area contributed by atoms with Crippen LogP contribution < -0.4 is 10.5 Å². The Hall–Kier alpha value is -0.540. The van der Waals surface area contributed by atoms with Crippen molar-refractivity contribution in [3.63, 3.8) is 0 Å². The first kappa shape index (κ1) is 11.5. The van der Waals surface area contributed by atoms with E-state index in [0.29, 0.717) is 6.61 Å². The maximum absolute atomic E-state index is 5.77. The van der Waals surface area contributed by atoms with Gasteiger partial charge in [0.1, 0.15) is 5.75 Å². The van der Waals surface area contributed by atoms with Crippen LogP contribution in [0.1, 0.15) is 19.8 Å². The van der Waals surface area contributed by atoms with E-state index in [0.717, 1.165) is 23.1 Å². The van der Waals surface area contributed by atoms with Gasteiger partial charge in [-0.1, -0.05) is 22.9 Å². The Kier molecular flexibility index (Phi) is 4.98. The van der Waals surface area contributed by atoms with Crippen LogP contribution in [0.5, 0.6) is 5.75 Å². The largest absolute Gasteiger partial charge is 0.494 e. The number of hydrogen-bond acceptors (Lipinski definition) is 2. The summed E-state index contributed by atoms with van der Waals surface area (Å²) in [6, 6.07) is 8.08. The lowest BCUT2D eigenvalue weighted by atomic mass is 10.2. The van der Waals surface area contributed by atoms with Crippen LogP contribution in [-0.4, -0.2) is 12.6 Å². The third-order valence-corrected chi connectivity index (χ3v) is 2.62. The predicted molar refractivity (Wildman–Crippen MR) is 62.5 cm³/mol. The summed E-state index contributed by atoms with van der Waals surface area (Å²) in [6.45, 7) is 2.78. The van der Waals surface area contributed by atoms with Gasteiger partial charge >= 0.3 is 0 Å². The number of ether oxygens (including phenoxy) is 1. The fourth-order valence-corrected chi connectivity index (χ4v) is 1.33. The number of rotatable bonds is 5. The van der Waals surface area contributed by atoms with E-state index in [-0.39, 0.29) is 6.04 Å². The number of nitrogens with two attached hydrogens (primary N) is 1. The van der Waals surface area contributed by atoms with Crippen molar-refractivity contribution in [2.75, 3.05) is 6.61 Å². The number of halogens is 1. The van der Waals surface area contributed by atoms with Crippen molar-refractivity contribution in [2.45, 2.75) is 25.8 Å². The van der Waals surface area contributed by atoms with Crippen LogP contribution in [0.2, 0.25) is 0 Å². The molecule has 2 N–H and O–H groups in total. The van der Waals surface area contributed by atoms with E-state index < -0.39 is 0 Å². The Balaban J connectivity index is 2.28. The zero-order valence-corrected chi connectivity index (χ0v) is 9.96. The predicted octanol–water partition coefficient (Wildman–Crippen LogP) is 2.96. The molecule has 0 aliphatic heterocycles. The minimum atomic E-state index is 0.255. The first-order valence-electron chi connectivity index (χ1n) is 4.86. The molecular formula is C11H16BrNO. The van der Waals surface area contributed by atoms with Crippen LogP contribution in [0.3, 0.4) is 0 Å². The molecule has 1 atom stereocenters. The lowest BCUT2D eigenvalue weighted by molar-refractivity contribution is 0.296. The molecule has 1 aromatic rings. The van der Waals surface area contributed by atoms with E-state index >= 15 is 0 Å². The van der Waals surface area contributed by atoms with Gasteiger partial charge in [-0.05, 0) is 37.1 Å². The summed E-state index contributed by atoms with van der Waals surface area (Å²) < 4.78 is 6.60. The molecule has 14 heavy (non-hydrogen) atoms. The molecule has 0 heterocycles. The Morgan fingerprint density at radius 3 is 2.57 bits per heavy atom. The van der Waals surface area contributed by atoms with Crippen LogP contribution in [-0.2, 0) is 0 Å². The number of benzene rings is 1. The third kappa shape index (κ3) is 4.11. The van der Waals surface area contributed by atoms with Gasteiger partial charge in [0.25, 0.3) is 0 Å². The first-order valence-corrected chi connectivity index (χ1v) is 5.65. The SMILES string of the molecule is CCC(N)CCOc1ccc(Br)cc1. The molecule has 3 heteroatoms. The molecule has 0 radical (unpaired) electrons. The van der Waals surface area contributed by atoms with Gasteiger partial charge in [0.15, 0.2) is 0 Å². The van der Waals surface area contributed by atoms with Crippen molar-refractivity contribution in [3.05, 3.63) is 28.7 Å².